The van der Waals surface area contributed by atoms with E-state index in [0.29, 0.717) is 5.70 Å². The molecule has 5 nitrogen and oxygen atoms in total. The number of carbonyl (C=O) groups excluding carboxylic acids is 1. The molecule has 0 amide bonds. The predicted octanol–water partition coefficient (Wildman–Crippen LogP) is 1.78. The zero-order chi connectivity index (χ0) is 15.6. The summed E-state index contributed by atoms with van der Waals surface area (Å²) in [6.07, 6.45) is 4.05. The van der Waals surface area contributed by atoms with Crippen molar-refractivity contribution in [2.24, 2.45) is 11.7 Å². The highest BCUT2D eigenvalue weighted by Crippen LogP contribution is 2.34. The van der Waals surface area contributed by atoms with Crippen molar-refractivity contribution in [1.29, 1.82) is 0 Å². The Morgan fingerprint density at radius 2 is 2.29 bits per heavy atom. The van der Waals surface area contributed by atoms with Crippen LogP contribution >= 0.6 is 0 Å². The van der Waals surface area contributed by atoms with Gasteiger partial charge in [0.2, 0.25) is 0 Å². The molecule has 1 aromatic rings. The lowest BCUT2D eigenvalue weighted by Gasteiger charge is -2.17. The Labute approximate surface area is 125 Å². The first-order chi connectivity index (χ1) is 9.93. The van der Waals surface area contributed by atoms with Gasteiger partial charge in [0.1, 0.15) is 0 Å². The summed E-state index contributed by atoms with van der Waals surface area (Å²) in [4.78, 5) is 11.4. The number of esters is 1. The van der Waals surface area contributed by atoms with Crippen LogP contribution in [-0.2, 0) is 14.3 Å². The van der Waals surface area contributed by atoms with Gasteiger partial charge < -0.3 is 15.2 Å². The average molecular weight is 291 g/mol. The second-order valence-electron chi connectivity index (χ2n) is 5.47. The molecule has 1 aliphatic rings. The van der Waals surface area contributed by atoms with Crippen LogP contribution < -0.4 is 10.3 Å². The van der Waals surface area contributed by atoms with E-state index in [4.69, 9.17) is 15.2 Å². The second-order valence-corrected chi connectivity index (χ2v) is 5.47. The molecule has 1 saturated heterocycles. The third-order valence-electron chi connectivity index (χ3n) is 3.89. The van der Waals surface area contributed by atoms with E-state index >= 15 is 0 Å². The highest BCUT2D eigenvalue weighted by Gasteiger charge is 2.48. The fourth-order valence-corrected chi connectivity index (χ4v) is 2.76. The van der Waals surface area contributed by atoms with Gasteiger partial charge >= 0.3 is 12.2 Å². The second kappa shape index (κ2) is 6.26. The van der Waals surface area contributed by atoms with Gasteiger partial charge in [-0.05, 0) is 12.5 Å². The Morgan fingerprint density at radius 3 is 2.86 bits per heavy atom. The van der Waals surface area contributed by atoms with Crippen LogP contribution in [0.15, 0.2) is 31.1 Å². The molecule has 0 radical (unpaired) electrons. The lowest BCUT2D eigenvalue weighted by atomic mass is 9.98. The van der Waals surface area contributed by atoms with Crippen LogP contribution in [0, 0.1) is 5.92 Å². The van der Waals surface area contributed by atoms with Crippen LogP contribution in [-0.4, -0.2) is 18.2 Å². The van der Waals surface area contributed by atoms with Gasteiger partial charge in [-0.3, -0.25) is 4.79 Å². The van der Waals surface area contributed by atoms with Gasteiger partial charge in [0.25, 0.3) is 0 Å². The van der Waals surface area contributed by atoms with Crippen LogP contribution in [0.5, 0.6) is 0 Å². The molecule has 0 aromatic carbocycles. The maximum Gasteiger partial charge on any atom is 0.303 e. The number of nitrogens with two attached hydrogens (primary N) is 1. The van der Waals surface area contributed by atoms with E-state index in [0.717, 1.165) is 12.0 Å². The molecule has 2 heterocycles. The van der Waals surface area contributed by atoms with Crippen molar-refractivity contribution in [1.82, 2.24) is 0 Å². The molecule has 1 fully saturated rings. The van der Waals surface area contributed by atoms with E-state index in [1.54, 1.807) is 0 Å². The number of aromatic nitrogens is 1. The molecule has 5 heteroatoms. The molecular formula is C16H23N2O3+. The predicted molar refractivity (Wildman–Crippen MR) is 78.8 cm³/mol. The van der Waals surface area contributed by atoms with E-state index in [1.807, 2.05) is 36.0 Å². The van der Waals surface area contributed by atoms with Gasteiger partial charge in [0.15, 0.2) is 18.5 Å². The zero-order valence-corrected chi connectivity index (χ0v) is 12.8. The largest absolute Gasteiger partial charge is 0.452 e. The maximum atomic E-state index is 11.4. The lowest BCUT2D eigenvalue weighted by molar-refractivity contribution is -0.765. The Bertz CT molecular complexity index is 544. The number of carbonyl (C=O) groups is 1. The van der Waals surface area contributed by atoms with E-state index < -0.39 is 0 Å². The smallest absolute Gasteiger partial charge is 0.303 e. The Kier molecular flexibility index (Phi) is 4.63. The first-order valence-corrected chi connectivity index (χ1v) is 7.22. The molecule has 0 bridgehead atoms. The highest BCUT2D eigenvalue weighted by atomic mass is 16.6. The van der Waals surface area contributed by atoms with Crippen LogP contribution in [0.4, 0.5) is 0 Å². The number of rotatable bonds is 4. The monoisotopic (exact) mass is 291 g/mol. The first kappa shape index (κ1) is 15.5. The fourth-order valence-electron chi connectivity index (χ4n) is 2.76. The Morgan fingerprint density at radius 1 is 1.57 bits per heavy atom. The van der Waals surface area contributed by atoms with Gasteiger partial charge in [0, 0.05) is 24.6 Å². The van der Waals surface area contributed by atoms with E-state index in [-0.39, 0.29) is 30.3 Å². The molecule has 21 heavy (non-hydrogen) atoms. The van der Waals surface area contributed by atoms with Gasteiger partial charge in [0.05, 0.1) is 11.7 Å². The normalized spacial score (nSPS) is 28.3. The third kappa shape index (κ3) is 3.24. The van der Waals surface area contributed by atoms with E-state index in [9.17, 15) is 4.79 Å². The van der Waals surface area contributed by atoms with Crippen LogP contribution in [0.3, 0.4) is 0 Å². The number of hydrogen-bond acceptors (Lipinski definition) is 4. The number of ether oxygens (including phenoxy) is 2. The topological polar surface area (TPSA) is 65.4 Å². The minimum absolute atomic E-state index is 0.0663. The number of hydrogen-bond donors (Lipinski definition) is 1. The summed E-state index contributed by atoms with van der Waals surface area (Å²) in [6.45, 7) is 9.28. The third-order valence-corrected chi connectivity index (χ3v) is 3.89. The van der Waals surface area contributed by atoms with E-state index in [1.165, 1.54) is 6.92 Å². The van der Waals surface area contributed by atoms with Crippen molar-refractivity contribution < 1.29 is 18.8 Å². The molecule has 0 spiro atoms. The first-order valence-electron chi connectivity index (χ1n) is 7.22. The summed E-state index contributed by atoms with van der Waals surface area (Å²) < 4.78 is 13.5. The van der Waals surface area contributed by atoms with Crippen LogP contribution in [0.25, 0.3) is 5.70 Å². The van der Waals surface area contributed by atoms with Crippen molar-refractivity contribution in [2.45, 2.75) is 45.6 Å². The maximum absolute atomic E-state index is 11.4. The minimum Gasteiger partial charge on any atom is -0.452 e. The van der Waals surface area contributed by atoms with Crippen molar-refractivity contribution in [2.75, 3.05) is 0 Å². The summed E-state index contributed by atoms with van der Waals surface area (Å²) in [5, 5.41) is 0. The van der Waals surface area contributed by atoms with Crippen molar-refractivity contribution in [3.8, 4) is 0 Å². The van der Waals surface area contributed by atoms with Gasteiger partial charge in [-0.1, -0.05) is 20.4 Å². The fraction of sp³-hybridized carbons (Fsp3) is 0.500. The SMILES string of the molecule is C=C(N)c1ccc[n+]([C@@H]2O[C@H](CC)[C@@H](C)[C@H]2OC(C)=O)c1. The van der Waals surface area contributed by atoms with E-state index in [2.05, 4.69) is 13.5 Å². The summed E-state index contributed by atoms with van der Waals surface area (Å²) >= 11 is 0. The van der Waals surface area contributed by atoms with Gasteiger partial charge in [-0.15, -0.1) is 0 Å². The molecule has 0 aliphatic carbocycles. The number of nitrogens with zero attached hydrogens (tertiary/aromatic N) is 1. The number of pyridine rings is 1. The molecule has 1 aromatic heterocycles. The lowest BCUT2D eigenvalue weighted by Crippen LogP contribution is -2.46. The van der Waals surface area contributed by atoms with Crippen molar-refractivity contribution in [3.05, 3.63) is 36.7 Å². The minimum atomic E-state index is -0.340. The highest BCUT2D eigenvalue weighted by molar-refractivity contribution is 5.66. The van der Waals surface area contributed by atoms with Gasteiger partial charge in [-0.25, -0.2) is 0 Å². The standard InChI is InChI=1S/C16H23N2O3/c1-5-14-10(2)15(20-12(4)19)16(21-14)18-8-6-7-13(9-18)11(3)17/h6-10,14-16H,3,5,17H2,1-2,4H3/q+1/t10-,14-,15-,16-/m1/s1. The summed E-state index contributed by atoms with van der Waals surface area (Å²) in [5.74, 6) is -0.154. The summed E-state index contributed by atoms with van der Waals surface area (Å²) in [6, 6.07) is 3.76. The molecular weight excluding hydrogens is 268 g/mol. The Balaban J connectivity index is 2.33. The molecule has 2 N–H and O–H groups in total. The molecule has 1 aliphatic heterocycles. The molecule has 4 atom stereocenters. The quantitative estimate of drug-likeness (QED) is 0.678. The van der Waals surface area contributed by atoms with Crippen LogP contribution in [0.1, 0.15) is 39.0 Å². The Hall–Kier alpha value is -1.88. The van der Waals surface area contributed by atoms with Crippen molar-refractivity contribution >= 4 is 11.7 Å². The summed E-state index contributed by atoms with van der Waals surface area (Å²) in [7, 11) is 0. The van der Waals surface area contributed by atoms with Crippen molar-refractivity contribution in [3.63, 3.8) is 0 Å². The van der Waals surface area contributed by atoms with Crippen LogP contribution in [0.2, 0.25) is 0 Å². The molecule has 0 unspecified atom stereocenters. The molecule has 114 valence electrons. The molecule has 2 rings (SSSR count). The molecule has 0 saturated carbocycles. The van der Waals surface area contributed by atoms with Gasteiger partial charge in [-0.2, -0.15) is 4.57 Å². The average Bonchev–Trinajstić information content (AvgIpc) is 2.75. The zero-order valence-electron chi connectivity index (χ0n) is 12.8. The summed E-state index contributed by atoms with van der Waals surface area (Å²) in [5.41, 5.74) is 7.06.